The van der Waals surface area contributed by atoms with Gasteiger partial charge in [-0.1, -0.05) is 0 Å². The third kappa shape index (κ3) is 4.78. The molecule has 15 heavy (non-hydrogen) atoms. The van der Waals surface area contributed by atoms with E-state index in [1.165, 1.54) is 0 Å². The monoisotopic (exact) mass is 216 g/mol. The Morgan fingerprint density at radius 3 is 2.93 bits per heavy atom. The summed E-state index contributed by atoms with van der Waals surface area (Å²) in [7, 11) is 0. The van der Waals surface area contributed by atoms with Gasteiger partial charge in [-0.2, -0.15) is 0 Å². The number of aliphatic hydroxyl groups is 1. The molecule has 1 fully saturated rings. The molecule has 86 valence electrons. The fourth-order valence-corrected chi connectivity index (χ4v) is 1.70. The van der Waals surface area contributed by atoms with Crippen molar-refractivity contribution < 1.29 is 24.5 Å². The van der Waals surface area contributed by atoms with E-state index in [4.69, 9.17) is 9.84 Å². The second-order valence-corrected chi connectivity index (χ2v) is 3.85. The Balaban J connectivity index is 2.35. The predicted octanol–water partition coefficient (Wildman–Crippen LogP) is 0.698. The van der Waals surface area contributed by atoms with Crippen LogP contribution in [0.1, 0.15) is 38.5 Å². The first-order valence-corrected chi connectivity index (χ1v) is 5.17. The van der Waals surface area contributed by atoms with Crippen molar-refractivity contribution in [2.24, 2.45) is 0 Å². The number of esters is 1. The number of cyclic esters (lactones) is 1. The average Bonchev–Trinajstić information content (AvgIpc) is 2.28. The van der Waals surface area contributed by atoms with Gasteiger partial charge in [0.15, 0.2) is 0 Å². The van der Waals surface area contributed by atoms with Crippen molar-refractivity contribution in [3.05, 3.63) is 0 Å². The van der Waals surface area contributed by atoms with Crippen LogP contribution in [-0.4, -0.2) is 34.4 Å². The fourth-order valence-electron chi connectivity index (χ4n) is 1.70. The lowest BCUT2D eigenvalue weighted by Gasteiger charge is -2.17. The maximum absolute atomic E-state index is 11.1. The number of carboxylic acid groups (broad SMARTS) is 1. The van der Waals surface area contributed by atoms with Gasteiger partial charge in [-0.25, -0.2) is 0 Å². The molecule has 1 aliphatic heterocycles. The van der Waals surface area contributed by atoms with Crippen molar-refractivity contribution in [1.29, 1.82) is 0 Å². The number of rotatable bonds is 4. The van der Waals surface area contributed by atoms with E-state index in [2.05, 4.69) is 0 Å². The highest BCUT2D eigenvalue weighted by molar-refractivity contribution is 5.69. The second-order valence-electron chi connectivity index (χ2n) is 3.85. The van der Waals surface area contributed by atoms with E-state index in [1.54, 1.807) is 0 Å². The van der Waals surface area contributed by atoms with E-state index >= 15 is 0 Å². The average molecular weight is 216 g/mol. The molecule has 0 bridgehead atoms. The SMILES string of the molecule is O=C(O)CC(O)CC1CCCCC(=O)O1. The molecule has 1 heterocycles. The minimum Gasteiger partial charge on any atom is -0.481 e. The van der Waals surface area contributed by atoms with Crippen LogP contribution in [-0.2, 0) is 14.3 Å². The maximum atomic E-state index is 11.1. The molecule has 1 saturated heterocycles. The van der Waals surface area contributed by atoms with Crippen LogP contribution in [0, 0.1) is 0 Å². The lowest BCUT2D eigenvalue weighted by Crippen LogP contribution is -2.24. The van der Waals surface area contributed by atoms with Crippen molar-refractivity contribution in [3.8, 4) is 0 Å². The molecule has 5 nitrogen and oxygen atoms in total. The highest BCUT2D eigenvalue weighted by Gasteiger charge is 2.22. The van der Waals surface area contributed by atoms with E-state index in [0.29, 0.717) is 12.8 Å². The summed E-state index contributed by atoms with van der Waals surface area (Å²) < 4.78 is 5.07. The summed E-state index contributed by atoms with van der Waals surface area (Å²) in [6.07, 6.45) is 1.49. The first-order valence-electron chi connectivity index (χ1n) is 5.17. The topological polar surface area (TPSA) is 83.8 Å². The molecule has 2 N–H and O–H groups in total. The summed E-state index contributed by atoms with van der Waals surface area (Å²) in [6.45, 7) is 0. The number of ether oxygens (including phenoxy) is 1. The quantitative estimate of drug-likeness (QED) is 0.676. The summed E-state index contributed by atoms with van der Waals surface area (Å²) in [5.41, 5.74) is 0. The standard InChI is InChI=1S/C10H16O5/c11-7(6-9(12)13)5-8-3-1-2-4-10(14)15-8/h7-8,11H,1-6H2,(H,12,13). The minimum absolute atomic E-state index is 0.220. The van der Waals surface area contributed by atoms with Crippen molar-refractivity contribution in [2.45, 2.75) is 50.7 Å². The Morgan fingerprint density at radius 1 is 1.53 bits per heavy atom. The van der Waals surface area contributed by atoms with Crippen molar-refractivity contribution in [3.63, 3.8) is 0 Å². The zero-order chi connectivity index (χ0) is 11.3. The van der Waals surface area contributed by atoms with Crippen LogP contribution in [0.15, 0.2) is 0 Å². The Morgan fingerprint density at radius 2 is 2.27 bits per heavy atom. The molecule has 5 heteroatoms. The molecule has 1 aliphatic rings. The molecule has 0 aliphatic carbocycles. The van der Waals surface area contributed by atoms with Crippen LogP contribution in [0.5, 0.6) is 0 Å². The van der Waals surface area contributed by atoms with Crippen molar-refractivity contribution in [2.75, 3.05) is 0 Å². The van der Waals surface area contributed by atoms with E-state index in [9.17, 15) is 14.7 Å². The number of hydrogen-bond acceptors (Lipinski definition) is 4. The van der Waals surface area contributed by atoms with Crippen LogP contribution in [0.2, 0.25) is 0 Å². The smallest absolute Gasteiger partial charge is 0.306 e. The zero-order valence-corrected chi connectivity index (χ0v) is 8.52. The molecule has 0 radical (unpaired) electrons. The highest BCUT2D eigenvalue weighted by Crippen LogP contribution is 2.18. The number of aliphatic hydroxyl groups excluding tert-OH is 1. The number of carbonyl (C=O) groups is 2. The predicted molar refractivity (Wildman–Crippen MR) is 51.2 cm³/mol. The van der Waals surface area contributed by atoms with Gasteiger partial charge in [0.25, 0.3) is 0 Å². The fraction of sp³-hybridized carbons (Fsp3) is 0.800. The number of carbonyl (C=O) groups excluding carboxylic acids is 1. The molecular weight excluding hydrogens is 200 g/mol. The van der Waals surface area contributed by atoms with Gasteiger partial charge in [0.05, 0.1) is 12.5 Å². The summed E-state index contributed by atoms with van der Waals surface area (Å²) in [5, 5.41) is 17.8. The normalized spacial score (nSPS) is 24.1. The first kappa shape index (κ1) is 12.0. The third-order valence-electron chi connectivity index (χ3n) is 2.40. The molecule has 2 atom stereocenters. The zero-order valence-electron chi connectivity index (χ0n) is 8.52. The first-order chi connectivity index (χ1) is 7.08. The van der Waals surface area contributed by atoms with Crippen LogP contribution >= 0.6 is 0 Å². The van der Waals surface area contributed by atoms with E-state index in [1.807, 2.05) is 0 Å². The lowest BCUT2D eigenvalue weighted by atomic mass is 10.0. The lowest BCUT2D eigenvalue weighted by molar-refractivity contribution is -0.149. The van der Waals surface area contributed by atoms with E-state index in [-0.39, 0.29) is 24.9 Å². The van der Waals surface area contributed by atoms with Crippen LogP contribution in [0.4, 0.5) is 0 Å². The molecule has 1 rings (SSSR count). The summed E-state index contributed by atoms with van der Waals surface area (Å²) in [4.78, 5) is 21.4. The Kier molecular flexibility index (Phi) is 4.55. The molecule has 0 aromatic carbocycles. The number of hydrogen-bond donors (Lipinski definition) is 2. The number of aliphatic carboxylic acids is 1. The largest absolute Gasteiger partial charge is 0.481 e. The van der Waals surface area contributed by atoms with Gasteiger partial charge in [0.2, 0.25) is 0 Å². The van der Waals surface area contributed by atoms with Gasteiger partial charge in [-0.05, 0) is 19.3 Å². The van der Waals surface area contributed by atoms with Crippen LogP contribution in [0.25, 0.3) is 0 Å². The van der Waals surface area contributed by atoms with Gasteiger partial charge in [0.1, 0.15) is 6.10 Å². The Hall–Kier alpha value is -1.10. The molecule has 0 saturated carbocycles. The van der Waals surface area contributed by atoms with Gasteiger partial charge in [0, 0.05) is 12.8 Å². The summed E-state index contributed by atoms with van der Waals surface area (Å²) in [5.74, 6) is -1.29. The molecule has 0 aromatic rings. The maximum Gasteiger partial charge on any atom is 0.306 e. The molecule has 0 aromatic heterocycles. The Labute approximate surface area is 88.0 Å². The number of carboxylic acids is 1. The third-order valence-corrected chi connectivity index (χ3v) is 2.40. The van der Waals surface area contributed by atoms with E-state index < -0.39 is 12.1 Å². The van der Waals surface area contributed by atoms with Gasteiger partial charge in [-0.15, -0.1) is 0 Å². The summed E-state index contributed by atoms with van der Waals surface area (Å²) >= 11 is 0. The van der Waals surface area contributed by atoms with Crippen LogP contribution in [0.3, 0.4) is 0 Å². The minimum atomic E-state index is -1.04. The van der Waals surface area contributed by atoms with Gasteiger partial charge in [-0.3, -0.25) is 9.59 Å². The second kappa shape index (κ2) is 5.70. The van der Waals surface area contributed by atoms with Gasteiger partial charge < -0.3 is 14.9 Å². The Bertz CT molecular complexity index is 238. The van der Waals surface area contributed by atoms with Crippen molar-refractivity contribution in [1.82, 2.24) is 0 Å². The molecule has 0 amide bonds. The molecule has 2 unspecified atom stereocenters. The van der Waals surface area contributed by atoms with Crippen LogP contribution < -0.4 is 0 Å². The van der Waals surface area contributed by atoms with Crippen molar-refractivity contribution >= 4 is 11.9 Å². The highest BCUT2D eigenvalue weighted by atomic mass is 16.5. The molecular formula is C10H16O5. The van der Waals surface area contributed by atoms with E-state index in [0.717, 1.165) is 12.8 Å². The van der Waals surface area contributed by atoms with Gasteiger partial charge >= 0.3 is 11.9 Å². The molecule has 0 spiro atoms. The summed E-state index contributed by atoms with van der Waals surface area (Å²) in [6, 6.07) is 0.